The number of nitrogens with one attached hydrogen (secondary N) is 2. The van der Waals surface area contributed by atoms with Crippen molar-refractivity contribution in [1.29, 1.82) is 0 Å². The van der Waals surface area contributed by atoms with Crippen LogP contribution in [0.4, 0.5) is 0 Å². The molecule has 4 rings (SSSR count). The average molecular weight is 568 g/mol. The summed E-state index contributed by atoms with van der Waals surface area (Å²) in [5.41, 5.74) is 3.02. The molecule has 1 aliphatic rings. The maximum atomic E-state index is 13.6. The number of fused-ring (bicyclic) bond motifs is 1. The summed E-state index contributed by atoms with van der Waals surface area (Å²) in [7, 11) is 0. The summed E-state index contributed by atoms with van der Waals surface area (Å²) in [6, 6.07) is 10.6. The minimum atomic E-state index is -1.06. The summed E-state index contributed by atoms with van der Waals surface area (Å²) in [6.07, 6.45) is 4.84. The van der Waals surface area contributed by atoms with Crippen LogP contribution >= 0.6 is 23.5 Å². The van der Waals surface area contributed by atoms with Gasteiger partial charge in [-0.05, 0) is 70.0 Å². The molecule has 1 amide bonds. The van der Waals surface area contributed by atoms with Crippen molar-refractivity contribution in [3.05, 3.63) is 92.5 Å². The second-order valence-corrected chi connectivity index (χ2v) is 10.8. The molecule has 10 heteroatoms. The highest BCUT2D eigenvalue weighted by Crippen LogP contribution is 2.33. The first kappa shape index (κ1) is 28.5. The van der Waals surface area contributed by atoms with Gasteiger partial charge in [0.15, 0.2) is 10.6 Å². The maximum absolute atomic E-state index is 13.6. The Labute approximate surface area is 235 Å². The van der Waals surface area contributed by atoms with E-state index in [1.807, 2.05) is 44.2 Å². The molecule has 3 aromatic rings. The zero-order valence-corrected chi connectivity index (χ0v) is 24.1. The van der Waals surface area contributed by atoms with Gasteiger partial charge in [0.05, 0.1) is 22.7 Å². The van der Waals surface area contributed by atoms with Crippen molar-refractivity contribution >= 4 is 45.6 Å². The quantitative estimate of drug-likeness (QED) is 0.314. The monoisotopic (exact) mass is 567 g/mol. The van der Waals surface area contributed by atoms with Gasteiger partial charge in [-0.2, -0.15) is 0 Å². The third-order valence-electron chi connectivity index (χ3n) is 6.32. The first-order valence-electron chi connectivity index (χ1n) is 12.2. The Morgan fingerprint density at radius 1 is 1.18 bits per heavy atom. The number of aryl methyl sites for hydroxylation is 1. The van der Waals surface area contributed by atoms with Crippen LogP contribution in [0, 0.1) is 13.8 Å². The maximum Gasteiger partial charge on any atom is 0.301 e. The van der Waals surface area contributed by atoms with Crippen LogP contribution in [0.15, 0.2) is 74.4 Å². The molecule has 0 aliphatic carbocycles. The fraction of sp³-hybridized carbons (Fsp3) is 0.276. The van der Waals surface area contributed by atoms with E-state index in [-0.39, 0.29) is 16.4 Å². The first-order valence-corrected chi connectivity index (χ1v) is 13.8. The van der Waals surface area contributed by atoms with E-state index in [1.54, 1.807) is 39.2 Å². The Hall–Kier alpha value is -3.53. The van der Waals surface area contributed by atoms with Gasteiger partial charge >= 0.3 is 5.91 Å². The number of carbonyl (C=O) groups is 1. The minimum Gasteiger partial charge on any atom is -0.455 e. The molecule has 204 valence electrons. The van der Waals surface area contributed by atoms with Gasteiger partial charge in [-0.15, -0.1) is 0 Å². The molecule has 1 aliphatic heterocycles. The van der Waals surface area contributed by atoms with Gasteiger partial charge in [0.2, 0.25) is 5.76 Å². The van der Waals surface area contributed by atoms with Gasteiger partial charge in [0.25, 0.3) is 0 Å². The number of aliphatic hydroxyl groups is 1. The zero-order valence-electron chi connectivity index (χ0n) is 22.5. The predicted molar refractivity (Wildman–Crippen MR) is 156 cm³/mol. The third kappa shape index (κ3) is 6.06. The number of allylic oxidation sites excluding steroid dienone is 2. The largest absolute Gasteiger partial charge is 0.455 e. The van der Waals surface area contributed by atoms with Gasteiger partial charge in [0, 0.05) is 22.9 Å². The molecule has 1 atom stereocenters. The molecule has 0 spiro atoms. The fourth-order valence-electron chi connectivity index (χ4n) is 4.33. The first-order chi connectivity index (χ1) is 18.4. The van der Waals surface area contributed by atoms with Crippen LogP contribution in [0.25, 0.3) is 22.3 Å². The highest BCUT2D eigenvalue weighted by molar-refractivity contribution is 7.97. The van der Waals surface area contributed by atoms with E-state index >= 15 is 0 Å². The lowest BCUT2D eigenvalue weighted by atomic mass is 9.94. The number of hydrogen-bond donors (Lipinski definition) is 3. The molecule has 3 N–H and O–H groups in total. The number of hydrogen-bond acceptors (Lipinski definition) is 8. The molecule has 0 saturated carbocycles. The number of oxime groups is 1. The Morgan fingerprint density at radius 3 is 2.62 bits per heavy atom. The summed E-state index contributed by atoms with van der Waals surface area (Å²) in [5.74, 6) is -0.114. The standard InChI is InChI=1S/C29H30ClN3O5S/c1-15-12-20(17(3)31-22-10-11-23(30)32-38-27(22)28(35)33-39-6)26-21(13-15)24(34)16(2)25(37-26)18-8-7-9-19(14-18)29(4,5)36/h7-14,17,31,36H,1-6H3,(H,33,35). The molecule has 0 bridgehead atoms. The van der Waals surface area contributed by atoms with Gasteiger partial charge in [-0.3, -0.25) is 14.3 Å². The predicted octanol–water partition coefficient (Wildman–Crippen LogP) is 5.70. The molecule has 0 radical (unpaired) electrons. The van der Waals surface area contributed by atoms with E-state index in [4.69, 9.17) is 20.9 Å². The lowest BCUT2D eigenvalue weighted by Crippen LogP contribution is -2.26. The van der Waals surface area contributed by atoms with E-state index in [0.29, 0.717) is 44.7 Å². The third-order valence-corrected chi connectivity index (χ3v) is 6.90. The number of benzene rings is 2. The highest BCUT2D eigenvalue weighted by atomic mass is 35.5. The SMILES string of the molecule is CSNC(=O)C1=C(NC(C)c2cc(C)cc3c(=O)c(C)c(-c4cccc(C(C)(C)O)c4)oc23)C=CC(Cl)=NO1. The van der Waals surface area contributed by atoms with Crippen LogP contribution in [-0.4, -0.2) is 22.4 Å². The van der Waals surface area contributed by atoms with E-state index in [0.717, 1.165) is 17.5 Å². The molecule has 2 heterocycles. The van der Waals surface area contributed by atoms with Crippen LogP contribution in [0.1, 0.15) is 49.1 Å². The van der Waals surface area contributed by atoms with E-state index in [2.05, 4.69) is 15.2 Å². The van der Waals surface area contributed by atoms with E-state index < -0.39 is 17.6 Å². The Bertz CT molecular complexity index is 1600. The number of carbonyl (C=O) groups excluding carboxylic acids is 1. The lowest BCUT2D eigenvalue weighted by molar-refractivity contribution is -0.119. The summed E-state index contributed by atoms with van der Waals surface area (Å²) in [6.45, 7) is 8.94. The van der Waals surface area contributed by atoms with Gasteiger partial charge in [-0.25, -0.2) is 0 Å². The van der Waals surface area contributed by atoms with Gasteiger partial charge in [-0.1, -0.05) is 53.0 Å². The van der Waals surface area contributed by atoms with Crippen molar-refractivity contribution in [3.8, 4) is 11.3 Å². The molecule has 1 unspecified atom stereocenters. The van der Waals surface area contributed by atoms with Crippen molar-refractivity contribution in [1.82, 2.24) is 10.0 Å². The zero-order chi connectivity index (χ0) is 28.5. The molecule has 1 aromatic heterocycles. The van der Waals surface area contributed by atoms with Crippen molar-refractivity contribution in [2.45, 2.75) is 46.3 Å². The lowest BCUT2D eigenvalue weighted by Gasteiger charge is -2.21. The van der Waals surface area contributed by atoms with Crippen molar-refractivity contribution in [2.24, 2.45) is 5.16 Å². The van der Waals surface area contributed by atoms with Crippen molar-refractivity contribution < 1.29 is 19.2 Å². The van der Waals surface area contributed by atoms with Crippen molar-refractivity contribution in [3.63, 3.8) is 0 Å². The van der Waals surface area contributed by atoms with Gasteiger partial charge < -0.3 is 19.7 Å². The minimum absolute atomic E-state index is 0.0542. The van der Waals surface area contributed by atoms with Crippen LogP contribution in [0.5, 0.6) is 0 Å². The summed E-state index contributed by atoms with van der Waals surface area (Å²) >= 11 is 7.14. The van der Waals surface area contributed by atoms with Crippen LogP contribution in [-0.2, 0) is 15.2 Å². The second kappa shape index (κ2) is 11.3. The van der Waals surface area contributed by atoms with Gasteiger partial charge in [0.1, 0.15) is 11.3 Å². The summed E-state index contributed by atoms with van der Waals surface area (Å²) < 4.78 is 9.09. The van der Waals surface area contributed by atoms with Crippen LogP contribution < -0.4 is 15.5 Å². The fourth-order valence-corrected chi connectivity index (χ4v) is 4.71. The number of amides is 1. The summed E-state index contributed by atoms with van der Waals surface area (Å²) in [4.78, 5) is 31.5. The van der Waals surface area contributed by atoms with E-state index in [1.165, 1.54) is 6.08 Å². The van der Waals surface area contributed by atoms with Crippen LogP contribution in [0.2, 0.25) is 0 Å². The topological polar surface area (TPSA) is 113 Å². The molecule has 8 nitrogen and oxygen atoms in total. The second-order valence-electron chi connectivity index (χ2n) is 9.84. The molecular formula is C29H30ClN3O5S. The molecular weight excluding hydrogens is 538 g/mol. The number of nitrogens with zero attached hydrogens (tertiary/aromatic N) is 1. The molecule has 0 fully saturated rings. The number of rotatable bonds is 7. The Balaban J connectivity index is 1.86. The number of halogens is 1. The molecule has 39 heavy (non-hydrogen) atoms. The Morgan fingerprint density at radius 2 is 1.92 bits per heavy atom. The van der Waals surface area contributed by atoms with Crippen LogP contribution in [0.3, 0.4) is 0 Å². The molecule has 0 saturated heterocycles. The normalized spacial score (nSPS) is 14.5. The smallest absolute Gasteiger partial charge is 0.301 e. The average Bonchev–Trinajstić information content (AvgIpc) is 3.07. The highest BCUT2D eigenvalue weighted by Gasteiger charge is 2.24. The Kier molecular flexibility index (Phi) is 8.25. The molecule has 2 aromatic carbocycles. The van der Waals surface area contributed by atoms with E-state index in [9.17, 15) is 14.7 Å². The summed E-state index contributed by atoms with van der Waals surface area (Å²) in [5, 5.41) is 18.1. The van der Waals surface area contributed by atoms with Crippen molar-refractivity contribution in [2.75, 3.05) is 6.26 Å².